The summed E-state index contributed by atoms with van der Waals surface area (Å²) in [6.45, 7) is 1.64. The number of hydrogen-bond acceptors (Lipinski definition) is 4. The predicted octanol–water partition coefficient (Wildman–Crippen LogP) is 0.935. The van der Waals surface area contributed by atoms with Crippen molar-refractivity contribution in [2.75, 3.05) is 6.79 Å². The Morgan fingerprint density at radius 2 is 2.20 bits per heavy atom. The zero-order chi connectivity index (χ0) is 11.0. The first kappa shape index (κ1) is 10.2. The summed E-state index contributed by atoms with van der Waals surface area (Å²) in [6.07, 6.45) is -1.10. The number of halogens is 1. The van der Waals surface area contributed by atoms with Gasteiger partial charge in [0.1, 0.15) is 11.9 Å². The highest BCUT2D eigenvalue weighted by Gasteiger charge is 2.27. The molecule has 1 aliphatic heterocycles. The van der Waals surface area contributed by atoms with E-state index < -0.39 is 18.0 Å². The molecule has 0 amide bonds. The van der Waals surface area contributed by atoms with Crippen molar-refractivity contribution in [2.45, 2.75) is 19.1 Å². The second-order valence-corrected chi connectivity index (χ2v) is 3.50. The Balaban J connectivity index is 2.50. The number of ether oxygens (including phenoxy) is 2. The fourth-order valence-electron chi connectivity index (χ4n) is 1.51. The van der Waals surface area contributed by atoms with E-state index in [0.29, 0.717) is 5.75 Å². The van der Waals surface area contributed by atoms with Gasteiger partial charge in [-0.05, 0) is 19.1 Å². The number of aliphatic hydroxyl groups is 1. The molecule has 82 valence electrons. The quantitative estimate of drug-likeness (QED) is 0.767. The Kier molecular flexibility index (Phi) is 2.50. The van der Waals surface area contributed by atoms with Gasteiger partial charge in [-0.25, -0.2) is 4.39 Å². The smallest absolute Gasteiger partial charge is 0.231 e. The first-order chi connectivity index (χ1) is 7.11. The fraction of sp³-hybridized carbons (Fsp3) is 0.400. The fourth-order valence-corrected chi connectivity index (χ4v) is 1.51. The van der Waals surface area contributed by atoms with Gasteiger partial charge in [-0.15, -0.1) is 0 Å². The van der Waals surface area contributed by atoms with Gasteiger partial charge in [0.25, 0.3) is 0 Å². The van der Waals surface area contributed by atoms with Gasteiger partial charge < -0.3 is 20.3 Å². The van der Waals surface area contributed by atoms with Crippen LogP contribution < -0.4 is 15.2 Å². The van der Waals surface area contributed by atoms with Crippen LogP contribution in [0, 0.1) is 5.82 Å². The third-order valence-corrected chi connectivity index (χ3v) is 2.32. The summed E-state index contributed by atoms with van der Waals surface area (Å²) >= 11 is 0. The van der Waals surface area contributed by atoms with Crippen molar-refractivity contribution in [2.24, 2.45) is 5.73 Å². The molecule has 0 aliphatic carbocycles. The molecule has 1 aromatic rings. The van der Waals surface area contributed by atoms with Gasteiger partial charge in [0.05, 0.1) is 5.56 Å². The van der Waals surface area contributed by atoms with Crippen molar-refractivity contribution in [3.8, 4) is 11.5 Å². The Hall–Kier alpha value is -1.33. The maximum absolute atomic E-state index is 13.5. The molecule has 0 saturated heterocycles. The van der Waals surface area contributed by atoms with Gasteiger partial charge in [-0.3, -0.25) is 0 Å². The zero-order valence-corrected chi connectivity index (χ0v) is 8.24. The molecule has 0 aromatic heterocycles. The highest BCUT2D eigenvalue weighted by Crippen LogP contribution is 2.40. The lowest BCUT2D eigenvalue weighted by atomic mass is 10.0. The molecular formula is C10H12FNO3. The van der Waals surface area contributed by atoms with Crippen molar-refractivity contribution >= 4 is 0 Å². The third-order valence-electron chi connectivity index (χ3n) is 2.32. The van der Waals surface area contributed by atoms with Crippen LogP contribution in [-0.2, 0) is 0 Å². The number of nitrogens with two attached hydrogens (primary N) is 1. The molecule has 15 heavy (non-hydrogen) atoms. The number of rotatable bonds is 2. The predicted molar refractivity (Wildman–Crippen MR) is 51.1 cm³/mol. The largest absolute Gasteiger partial charge is 0.454 e. The molecule has 2 unspecified atom stereocenters. The molecule has 0 bridgehead atoms. The van der Waals surface area contributed by atoms with E-state index in [1.807, 2.05) is 0 Å². The minimum absolute atomic E-state index is 0.0391. The third kappa shape index (κ3) is 1.64. The van der Waals surface area contributed by atoms with Crippen LogP contribution in [0.3, 0.4) is 0 Å². The topological polar surface area (TPSA) is 64.7 Å². The molecule has 2 atom stereocenters. The van der Waals surface area contributed by atoms with Crippen LogP contribution in [-0.4, -0.2) is 17.9 Å². The van der Waals surface area contributed by atoms with E-state index in [2.05, 4.69) is 0 Å². The molecule has 0 radical (unpaired) electrons. The Morgan fingerprint density at radius 1 is 1.47 bits per heavy atom. The monoisotopic (exact) mass is 213 g/mol. The van der Waals surface area contributed by atoms with E-state index in [4.69, 9.17) is 15.2 Å². The molecule has 1 heterocycles. The molecule has 5 heteroatoms. The number of benzene rings is 1. The number of hydrogen-bond donors (Lipinski definition) is 2. The first-order valence-electron chi connectivity index (χ1n) is 4.63. The molecule has 0 fully saturated rings. The van der Waals surface area contributed by atoms with Crippen LogP contribution in [0.5, 0.6) is 11.5 Å². The average Bonchev–Trinajstić information content (AvgIpc) is 2.64. The van der Waals surface area contributed by atoms with Crippen LogP contribution in [0.2, 0.25) is 0 Å². The highest BCUT2D eigenvalue weighted by atomic mass is 19.1. The average molecular weight is 213 g/mol. The van der Waals surface area contributed by atoms with E-state index in [1.165, 1.54) is 12.1 Å². The lowest BCUT2D eigenvalue weighted by molar-refractivity contribution is 0.138. The minimum atomic E-state index is -1.10. The summed E-state index contributed by atoms with van der Waals surface area (Å²) in [7, 11) is 0. The number of fused-ring (bicyclic) bond motifs is 1. The Labute approximate surface area is 86.4 Å². The maximum atomic E-state index is 13.5. The van der Waals surface area contributed by atoms with E-state index >= 15 is 0 Å². The molecular weight excluding hydrogens is 201 g/mol. The number of aliphatic hydroxyl groups excluding tert-OH is 1. The van der Waals surface area contributed by atoms with Gasteiger partial charge >= 0.3 is 0 Å². The first-order valence-corrected chi connectivity index (χ1v) is 4.63. The summed E-state index contributed by atoms with van der Waals surface area (Å²) in [6, 6.07) is 2.12. The second kappa shape index (κ2) is 3.67. The minimum Gasteiger partial charge on any atom is -0.454 e. The van der Waals surface area contributed by atoms with Gasteiger partial charge in [0, 0.05) is 6.04 Å². The zero-order valence-electron chi connectivity index (χ0n) is 8.24. The Morgan fingerprint density at radius 3 is 2.87 bits per heavy atom. The van der Waals surface area contributed by atoms with Crippen LogP contribution >= 0.6 is 0 Å². The van der Waals surface area contributed by atoms with Gasteiger partial charge in [-0.2, -0.15) is 0 Å². The Bertz CT molecular complexity index is 381. The highest BCUT2D eigenvalue weighted by molar-refractivity contribution is 5.50. The van der Waals surface area contributed by atoms with Crippen LogP contribution in [0.15, 0.2) is 12.1 Å². The van der Waals surface area contributed by atoms with Gasteiger partial charge in [-0.1, -0.05) is 0 Å². The lowest BCUT2D eigenvalue weighted by Gasteiger charge is -2.17. The van der Waals surface area contributed by atoms with Crippen molar-refractivity contribution in [1.29, 1.82) is 0 Å². The SMILES string of the molecule is CC(N)C(O)c1c(F)ccc2c1OCO2. The summed E-state index contributed by atoms with van der Waals surface area (Å²) < 4.78 is 23.7. The molecule has 4 nitrogen and oxygen atoms in total. The van der Waals surface area contributed by atoms with E-state index in [1.54, 1.807) is 6.92 Å². The van der Waals surface area contributed by atoms with Crippen molar-refractivity contribution in [3.05, 3.63) is 23.5 Å². The normalized spacial score (nSPS) is 17.6. The van der Waals surface area contributed by atoms with Gasteiger partial charge in [0.2, 0.25) is 6.79 Å². The summed E-state index contributed by atoms with van der Waals surface area (Å²) in [4.78, 5) is 0. The second-order valence-electron chi connectivity index (χ2n) is 3.50. The molecule has 1 aromatic carbocycles. The van der Waals surface area contributed by atoms with Crippen LogP contribution in [0.1, 0.15) is 18.6 Å². The molecule has 0 spiro atoms. The van der Waals surface area contributed by atoms with E-state index in [0.717, 1.165) is 0 Å². The summed E-state index contributed by atoms with van der Waals surface area (Å²) in [5.41, 5.74) is 5.59. The van der Waals surface area contributed by atoms with Crippen molar-refractivity contribution < 1.29 is 19.0 Å². The standard InChI is InChI=1S/C10H12FNO3/c1-5(12)9(13)8-6(11)2-3-7-10(8)15-4-14-7/h2-3,5,9,13H,4,12H2,1H3. The molecule has 1 aliphatic rings. The van der Waals surface area contributed by atoms with Gasteiger partial charge in [0.15, 0.2) is 11.5 Å². The summed E-state index contributed by atoms with van der Waals surface area (Å²) in [5.74, 6) is 0.148. The maximum Gasteiger partial charge on any atom is 0.231 e. The van der Waals surface area contributed by atoms with Crippen LogP contribution in [0.4, 0.5) is 4.39 Å². The van der Waals surface area contributed by atoms with E-state index in [-0.39, 0.29) is 18.1 Å². The molecule has 3 N–H and O–H groups in total. The molecule has 2 rings (SSSR count). The van der Waals surface area contributed by atoms with Crippen molar-refractivity contribution in [1.82, 2.24) is 0 Å². The molecule has 0 saturated carbocycles. The summed E-state index contributed by atoms with van der Waals surface area (Å²) in [5, 5.41) is 9.74. The lowest BCUT2D eigenvalue weighted by Crippen LogP contribution is -2.25. The van der Waals surface area contributed by atoms with Crippen molar-refractivity contribution in [3.63, 3.8) is 0 Å². The van der Waals surface area contributed by atoms with Crippen LogP contribution in [0.25, 0.3) is 0 Å². The van der Waals surface area contributed by atoms with E-state index in [9.17, 15) is 9.50 Å².